The van der Waals surface area contributed by atoms with Crippen molar-refractivity contribution >= 4 is 35.0 Å². The largest absolute Gasteiger partial charge is 0.397 e. The van der Waals surface area contributed by atoms with Gasteiger partial charge in [-0.05, 0) is 35.2 Å². The monoisotopic (exact) mass is 630 g/mol. The highest BCUT2D eigenvalue weighted by Gasteiger charge is 2.32. The molecule has 3 atom stereocenters. The van der Waals surface area contributed by atoms with Gasteiger partial charge in [-0.2, -0.15) is 0 Å². The summed E-state index contributed by atoms with van der Waals surface area (Å²) < 4.78 is 14.7. The van der Waals surface area contributed by atoms with Gasteiger partial charge in [0.15, 0.2) is 11.4 Å². The lowest BCUT2D eigenvalue weighted by molar-refractivity contribution is -0.245. The maximum absolute atomic E-state index is 12.4. The summed E-state index contributed by atoms with van der Waals surface area (Å²) in [5.74, 6) is 0.384. The molecule has 0 aliphatic carbocycles. The summed E-state index contributed by atoms with van der Waals surface area (Å²) in [6, 6.07) is 22.7. The van der Waals surface area contributed by atoms with Gasteiger partial charge < -0.3 is 35.5 Å². The number of thioether (sulfide) groups is 1. The lowest BCUT2D eigenvalue weighted by Gasteiger charge is -2.36. The first-order chi connectivity index (χ1) is 21.9. The molecule has 0 radical (unpaired) electrons. The van der Waals surface area contributed by atoms with Gasteiger partial charge in [-0.25, -0.2) is 0 Å². The number of nitrogens with zero attached hydrogens (tertiary/aromatic N) is 3. The fourth-order valence-corrected chi connectivity index (χ4v) is 5.81. The van der Waals surface area contributed by atoms with Gasteiger partial charge in [0.2, 0.25) is 11.8 Å². The van der Waals surface area contributed by atoms with Crippen LogP contribution in [0.25, 0.3) is 0 Å². The molecule has 1 aliphatic rings. The molecule has 45 heavy (non-hydrogen) atoms. The number of benzene rings is 3. The summed E-state index contributed by atoms with van der Waals surface area (Å²) in [6.45, 7) is 0.359. The predicted octanol–water partition coefficient (Wildman–Crippen LogP) is 4.65. The van der Waals surface area contributed by atoms with Gasteiger partial charge in [-0.15, -0.1) is 10.2 Å². The van der Waals surface area contributed by atoms with Gasteiger partial charge in [-0.3, -0.25) is 9.59 Å². The molecule has 1 aromatic heterocycles. The molecular weight excluding hydrogens is 592 g/mol. The summed E-state index contributed by atoms with van der Waals surface area (Å²) in [5, 5.41) is 24.1. The van der Waals surface area contributed by atoms with Crippen molar-refractivity contribution in [2.45, 2.75) is 62.5 Å². The number of carbonyl (C=O) groups excluding carboxylic acids is 2. The molecule has 0 saturated carbocycles. The van der Waals surface area contributed by atoms with Crippen LogP contribution in [-0.4, -0.2) is 43.5 Å². The van der Waals surface area contributed by atoms with E-state index in [0.717, 1.165) is 27.4 Å². The number of nitrogens with one attached hydrogen (secondary N) is 2. The van der Waals surface area contributed by atoms with Crippen molar-refractivity contribution in [2.24, 2.45) is 7.05 Å². The van der Waals surface area contributed by atoms with Crippen molar-refractivity contribution in [3.05, 3.63) is 101 Å². The van der Waals surface area contributed by atoms with Crippen molar-refractivity contribution in [2.75, 3.05) is 16.8 Å². The van der Waals surface area contributed by atoms with E-state index >= 15 is 0 Å². The SMILES string of the molecule is Cn1cnnc1SCC1CC(c2ccc(CO)cc2)OC(c2ccc(CNC(=O)CCCC(=O)Nc3ccccc3N)cc2)O1. The number of aryl methyl sites for hydroxylation is 1. The van der Waals surface area contributed by atoms with E-state index in [1.165, 1.54) is 0 Å². The Morgan fingerprint density at radius 1 is 0.978 bits per heavy atom. The van der Waals surface area contributed by atoms with Crippen LogP contribution >= 0.6 is 11.8 Å². The zero-order valence-electron chi connectivity index (χ0n) is 25.1. The second kappa shape index (κ2) is 15.7. The number of anilines is 2. The van der Waals surface area contributed by atoms with Gasteiger partial charge in [-0.1, -0.05) is 72.4 Å². The molecule has 2 heterocycles. The number of nitrogens with two attached hydrogens (primary N) is 1. The molecule has 2 amide bonds. The maximum Gasteiger partial charge on any atom is 0.224 e. The first kappa shape index (κ1) is 32.2. The van der Waals surface area contributed by atoms with E-state index in [4.69, 9.17) is 15.2 Å². The van der Waals surface area contributed by atoms with E-state index in [1.807, 2.05) is 60.1 Å². The number of aromatic nitrogens is 3. The molecule has 1 saturated heterocycles. The number of nitrogen functional groups attached to an aromatic ring is 1. The van der Waals surface area contributed by atoms with Crippen molar-refractivity contribution in [3.8, 4) is 0 Å². The quantitative estimate of drug-likeness (QED) is 0.122. The first-order valence-electron chi connectivity index (χ1n) is 14.8. The van der Waals surface area contributed by atoms with Crippen molar-refractivity contribution in [3.63, 3.8) is 0 Å². The standard InChI is InChI=1S/C33H38N6O5S/c1-39-21-36-38-33(39)45-20-26-17-29(24-13-11-23(19-40)12-14-24)44-32(43-26)25-15-9-22(10-16-25)18-35-30(41)7-4-8-31(42)37-28-6-3-2-5-27(28)34/h2-3,5-6,9-16,21,26,29,32,40H,4,7-8,17-20,34H2,1H3,(H,35,41)(H,37,42). The molecular formula is C33H38N6O5S. The number of ether oxygens (including phenoxy) is 2. The smallest absolute Gasteiger partial charge is 0.224 e. The molecule has 5 N–H and O–H groups in total. The molecule has 0 bridgehead atoms. The molecule has 3 aromatic carbocycles. The van der Waals surface area contributed by atoms with Gasteiger partial charge in [0, 0.05) is 44.2 Å². The third-order valence-corrected chi connectivity index (χ3v) is 8.63. The summed E-state index contributed by atoms with van der Waals surface area (Å²) in [5.41, 5.74) is 10.6. The molecule has 0 spiro atoms. The number of amides is 2. The van der Waals surface area contributed by atoms with Crippen LogP contribution in [0.2, 0.25) is 0 Å². The van der Waals surface area contributed by atoms with E-state index in [1.54, 1.807) is 42.4 Å². The van der Waals surface area contributed by atoms with Crippen LogP contribution in [0.4, 0.5) is 11.4 Å². The summed E-state index contributed by atoms with van der Waals surface area (Å²) in [7, 11) is 1.91. The van der Waals surface area contributed by atoms with E-state index < -0.39 is 6.29 Å². The average molecular weight is 631 g/mol. The number of aliphatic hydroxyl groups excluding tert-OH is 1. The molecule has 4 aromatic rings. The number of rotatable bonds is 13. The van der Waals surface area contributed by atoms with Gasteiger partial charge >= 0.3 is 0 Å². The minimum atomic E-state index is -0.576. The van der Waals surface area contributed by atoms with E-state index in [0.29, 0.717) is 36.5 Å². The predicted molar refractivity (Wildman–Crippen MR) is 172 cm³/mol. The Bertz CT molecular complexity index is 1560. The Balaban J connectivity index is 1.13. The average Bonchev–Trinajstić information content (AvgIpc) is 3.48. The van der Waals surface area contributed by atoms with Crippen LogP contribution in [0.1, 0.15) is 60.3 Å². The number of hydrogen-bond donors (Lipinski definition) is 4. The number of para-hydroxylation sites is 2. The fourth-order valence-electron chi connectivity index (χ4n) is 4.91. The molecule has 1 fully saturated rings. The van der Waals surface area contributed by atoms with Crippen molar-refractivity contribution < 1.29 is 24.2 Å². The number of carbonyl (C=O) groups is 2. The zero-order chi connectivity index (χ0) is 31.6. The highest BCUT2D eigenvalue weighted by atomic mass is 32.2. The Hall–Kier alpha value is -4.23. The topological polar surface area (TPSA) is 154 Å². The van der Waals surface area contributed by atoms with E-state index in [-0.39, 0.29) is 43.5 Å². The second-order valence-corrected chi connectivity index (χ2v) is 11.9. The van der Waals surface area contributed by atoms with Crippen molar-refractivity contribution in [1.82, 2.24) is 20.1 Å². The minimum absolute atomic E-state index is 0.0108. The van der Waals surface area contributed by atoms with Crippen LogP contribution in [0.5, 0.6) is 0 Å². The van der Waals surface area contributed by atoms with E-state index in [2.05, 4.69) is 20.8 Å². The number of hydrogen-bond acceptors (Lipinski definition) is 9. The summed E-state index contributed by atoms with van der Waals surface area (Å²) in [6.07, 6.45) is 2.38. The van der Waals surface area contributed by atoms with Crippen LogP contribution < -0.4 is 16.4 Å². The molecule has 12 heteroatoms. The summed E-state index contributed by atoms with van der Waals surface area (Å²) >= 11 is 1.59. The zero-order valence-corrected chi connectivity index (χ0v) is 25.9. The number of aliphatic hydroxyl groups is 1. The van der Waals surface area contributed by atoms with Crippen molar-refractivity contribution in [1.29, 1.82) is 0 Å². The third-order valence-electron chi connectivity index (χ3n) is 7.47. The van der Waals surface area contributed by atoms with Gasteiger partial charge in [0.25, 0.3) is 0 Å². The van der Waals surface area contributed by atoms with Crippen LogP contribution in [0.3, 0.4) is 0 Å². The summed E-state index contributed by atoms with van der Waals surface area (Å²) in [4.78, 5) is 24.6. The highest BCUT2D eigenvalue weighted by molar-refractivity contribution is 7.99. The Morgan fingerprint density at radius 3 is 2.40 bits per heavy atom. The lowest BCUT2D eigenvalue weighted by atomic mass is 10.0. The highest BCUT2D eigenvalue weighted by Crippen LogP contribution is 2.39. The molecule has 1 aliphatic heterocycles. The second-order valence-electron chi connectivity index (χ2n) is 10.9. The van der Waals surface area contributed by atoms with Crippen LogP contribution in [0, 0.1) is 0 Å². The molecule has 11 nitrogen and oxygen atoms in total. The normalized spacial score (nSPS) is 18.0. The Morgan fingerprint density at radius 2 is 1.69 bits per heavy atom. The fraction of sp³-hybridized carbons (Fsp3) is 0.333. The van der Waals surface area contributed by atoms with Gasteiger partial charge in [0.05, 0.1) is 30.2 Å². The van der Waals surface area contributed by atoms with Gasteiger partial charge in [0.1, 0.15) is 6.33 Å². The minimum Gasteiger partial charge on any atom is -0.397 e. The van der Waals surface area contributed by atoms with E-state index in [9.17, 15) is 14.7 Å². The third kappa shape index (κ3) is 9.14. The maximum atomic E-state index is 12.4. The van der Waals surface area contributed by atoms with Crippen LogP contribution in [0.15, 0.2) is 84.3 Å². The Labute approximate surface area is 266 Å². The van der Waals surface area contributed by atoms with Crippen LogP contribution in [-0.2, 0) is 39.3 Å². The lowest BCUT2D eigenvalue weighted by Crippen LogP contribution is -2.31. The first-order valence-corrected chi connectivity index (χ1v) is 15.8. The molecule has 236 valence electrons. The molecule has 5 rings (SSSR count). The molecule has 3 unspecified atom stereocenters. The Kier molecular flexibility index (Phi) is 11.2.